The molecule has 3 heteroatoms. The molecule has 0 bridgehead atoms. The normalized spacial score (nSPS) is 21.6. The largest absolute Gasteiger partial charge is 0.453 e. The smallest absolute Gasteiger partial charge is 0.216 e. The van der Waals surface area contributed by atoms with Crippen molar-refractivity contribution in [1.29, 1.82) is 0 Å². The minimum absolute atomic E-state index is 0.0352. The van der Waals surface area contributed by atoms with Crippen LogP contribution in [0.1, 0.15) is 92.0 Å². The van der Waals surface area contributed by atoms with E-state index in [1.54, 1.807) is 10.8 Å². The van der Waals surface area contributed by atoms with Gasteiger partial charge in [-0.1, -0.05) is 47.5 Å². The molecule has 3 nitrogen and oxygen atoms in total. The first kappa shape index (κ1) is 14.5. The number of hydrogen-bond donors (Lipinski definition) is 0. The highest BCUT2D eigenvalue weighted by molar-refractivity contribution is 6.09. The first-order valence-electron chi connectivity index (χ1n) is 14.7. The number of aryl methyl sites for hydroxylation is 2. The third-order valence-corrected chi connectivity index (χ3v) is 7.34. The van der Waals surface area contributed by atoms with E-state index in [0.717, 1.165) is 46.0 Å². The van der Waals surface area contributed by atoms with Crippen LogP contribution in [0, 0.1) is 6.92 Å². The minimum atomic E-state index is -3.07. The molecule has 3 heterocycles. The van der Waals surface area contributed by atoms with E-state index in [1.807, 2.05) is 32.3 Å². The first-order chi connectivity index (χ1) is 17.8. The van der Waals surface area contributed by atoms with Gasteiger partial charge in [-0.2, -0.15) is 0 Å². The Balaban J connectivity index is 1.85. The predicted octanol–water partition coefficient (Wildman–Crippen LogP) is 7.25. The lowest BCUT2D eigenvalue weighted by Crippen LogP contribution is -2.34. The zero-order chi connectivity index (χ0) is 28.9. The maximum Gasteiger partial charge on any atom is 0.216 e. The molecule has 1 aliphatic carbocycles. The Morgan fingerprint density at radius 2 is 1.84 bits per heavy atom. The lowest BCUT2D eigenvalue weighted by Gasteiger charge is -2.41. The number of rotatable bonds is 2. The summed E-state index contributed by atoms with van der Waals surface area (Å²) < 4.78 is 65.0. The van der Waals surface area contributed by atoms with Crippen molar-refractivity contribution in [2.75, 3.05) is 0 Å². The average Bonchev–Trinajstić information content (AvgIpc) is 3.19. The van der Waals surface area contributed by atoms with Gasteiger partial charge in [-0.25, -0.2) is 4.57 Å². The monoisotopic (exact) mass is 434 g/mol. The quantitative estimate of drug-likeness (QED) is 0.311. The number of aromatic nitrogens is 2. The molecule has 0 atom stereocenters. The molecule has 0 N–H and O–H groups in total. The summed E-state index contributed by atoms with van der Waals surface area (Å²) in [6.45, 7) is 4.74. The summed E-state index contributed by atoms with van der Waals surface area (Å²) >= 11 is 0. The van der Waals surface area contributed by atoms with Gasteiger partial charge in [0.2, 0.25) is 5.69 Å². The summed E-state index contributed by atoms with van der Waals surface area (Å²) in [6.07, 6.45) is 5.66. The highest BCUT2D eigenvalue weighted by Crippen LogP contribution is 2.50. The molecule has 166 valence electrons. The van der Waals surface area contributed by atoms with Gasteiger partial charge < -0.3 is 4.42 Å². The Morgan fingerprint density at radius 3 is 2.59 bits per heavy atom. The topological polar surface area (TPSA) is 29.9 Å². The zero-order valence-corrected chi connectivity index (χ0v) is 19.7. The second-order valence-corrected chi connectivity index (χ2v) is 10.5. The molecule has 0 saturated carbocycles. The van der Waals surface area contributed by atoms with Gasteiger partial charge in [0, 0.05) is 38.9 Å². The summed E-state index contributed by atoms with van der Waals surface area (Å²) in [7, 11) is 1.81. The zero-order valence-electron chi connectivity index (χ0n) is 26.7. The fraction of sp³-hybridized carbons (Fsp3) is 0.448. The average molecular weight is 435 g/mol. The highest BCUT2D eigenvalue weighted by atomic mass is 16.3. The van der Waals surface area contributed by atoms with E-state index in [1.165, 1.54) is 17.7 Å². The van der Waals surface area contributed by atoms with Crippen LogP contribution >= 0.6 is 0 Å². The number of nitrogens with zero attached hydrogens (tertiary/aromatic N) is 2. The molecule has 1 aromatic carbocycles. The molecule has 0 spiro atoms. The summed E-state index contributed by atoms with van der Waals surface area (Å²) in [5.41, 5.74) is 6.40. The van der Waals surface area contributed by atoms with Crippen molar-refractivity contribution in [2.45, 2.75) is 77.9 Å². The van der Waals surface area contributed by atoms with E-state index < -0.39 is 19.6 Å². The van der Waals surface area contributed by atoms with Gasteiger partial charge in [-0.3, -0.25) is 4.98 Å². The molecule has 0 aliphatic heterocycles. The van der Waals surface area contributed by atoms with Crippen LogP contribution in [0.2, 0.25) is 0 Å². The van der Waals surface area contributed by atoms with Crippen LogP contribution in [0.5, 0.6) is 0 Å². The second-order valence-electron chi connectivity index (χ2n) is 10.5. The maximum absolute atomic E-state index is 8.72. The summed E-state index contributed by atoms with van der Waals surface area (Å²) in [5.74, 6) is -2.80. The van der Waals surface area contributed by atoms with Gasteiger partial charge in [-0.15, -0.1) is 0 Å². The third kappa shape index (κ3) is 3.01. The van der Waals surface area contributed by atoms with Gasteiger partial charge in [-0.05, 0) is 59.2 Å². The van der Waals surface area contributed by atoms with E-state index in [0.29, 0.717) is 11.3 Å². The lowest BCUT2D eigenvalue weighted by molar-refractivity contribution is -0.660. The number of pyridine rings is 2. The third-order valence-electron chi connectivity index (χ3n) is 7.34. The van der Waals surface area contributed by atoms with Crippen LogP contribution in [0.25, 0.3) is 33.3 Å². The van der Waals surface area contributed by atoms with E-state index in [4.69, 9.17) is 19.0 Å². The molecule has 0 fully saturated rings. The van der Waals surface area contributed by atoms with Gasteiger partial charge >= 0.3 is 0 Å². The van der Waals surface area contributed by atoms with Crippen molar-refractivity contribution in [3.05, 3.63) is 58.9 Å². The molecule has 1 aliphatic rings. The Bertz CT molecular complexity index is 1610. The molecular weight excluding hydrogens is 392 g/mol. The van der Waals surface area contributed by atoms with Crippen LogP contribution in [0.15, 0.2) is 41.1 Å². The number of benzene rings is 1. The van der Waals surface area contributed by atoms with E-state index in [2.05, 4.69) is 27.7 Å². The van der Waals surface area contributed by atoms with Crippen molar-refractivity contribution in [3.63, 3.8) is 0 Å². The number of fused-ring (bicyclic) bond motifs is 5. The Kier molecular flexibility index (Phi) is 3.12. The first-order valence-corrected chi connectivity index (χ1v) is 11.2. The van der Waals surface area contributed by atoms with E-state index >= 15 is 0 Å². The molecule has 4 aromatic rings. The van der Waals surface area contributed by atoms with E-state index in [9.17, 15) is 0 Å². The van der Waals surface area contributed by atoms with Crippen LogP contribution in [0.4, 0.5) is 0 Å². The fourth-order valence-corrected chi connectivity index (χ4v) is 5.22. The van der Waals surface area contributed by atoms with Crippen molar-refractivity contribution < 1.29 is 18.6 Å². The van der Waals surface area contributed by atoms with Crippen LogP contribution in [0.3, 0.4) is 0 Å². The summed E-state index contributed by atoms with van der Waals surface area (Å²) in [5, 5.41) is 0.835. The van der Waals surface area contributed by atoms with Crippen molar-refractivity contribution in [3.8, 4) is 11.3 Å². The summed E-state index contributed by atoms with van der Waals surface area (Å²) in [6, 6.07) is 6.88. The van der Waals surface area contributed by atoms with Crippen LogP contribution in [-0.4, -0.2) is 4.98 Å². The van der Waals surface area contributed by atoms with E-state index in [-0.39, 0.29) is 16.4 Å². The molecular formula is C29H35N2O+. The van der Waals surface area contributed by atoms with Crippen molar-refractivity contribution in [1.82, 2.24) is 4.98 Å². The SMILES string of the molecule is [2H]C([2H])([2H])C([2H])(c1cc[n+](C)c(-c2c(C)ccc3c2oc2c4c(cnc23)C(C)(C)CCC4(C)C)c1)C([2H])([2H])[2H]. The number of hydrogen-bond acceptors (Lipinski definition) is 2. The molecule has 0 amide bonds. The van der Waals surface area contributed by atoms with Crippen molar-refractivity contribution in [2.24, 2.45) is 7.05 Å². The molecule has 32 heavy (non-hydrogen) atoms. The molecule has 3 aromatic heterocycles. The Morgan fingerprint density at radius 1 is 1.09 bits per heavy atom. The van der Waals surface area contributed by atoms with Gasteiger partial charge in [0.05, 0.1) is 5.56 Å². The highest BCUT2D eigenvalue weighted by Gasteiger charge is 2.40. The van der Waals surface area contributed by atoms with Crippen LogP contribution in [-0.2, 0) is 17.9 Å². The molecule has 0 unspecified atom stereocenters. The second kappa shape index (κ2) is 6.91. The molecule has 0 radical (unpaired) electrons. The number of furan rings is 1. The lowest BCUT2D eigenvalue weighted by atomic mass is 9.63. The standard InChI is InChI=1S/C29H35N2O/c1-17(2)19-11-14-31(8)22(15-19)23-18(3)9-10-20-25-27(32-26(20)23)24-21(16-30-25)28(4,5)12-13-29(24,6)7/h9-11,14-17H,12-13H2,1-8H3/q+1/i1D3,2D3,17D. The summed E-state index contributed by atoms with van der Waals surface area (Å²) in [4.78, 5) is 4.87. The van der Waals surface area contributed by atoms with Crippen molar-refractivity contribution >= 4 is 22.1 Å². The fourth-order valence-electron chi connectivity index (χ4n) is 5.22. The predicted molar refractivity (Wildman–Crippen MR) is 132 cm³/mol. The van der Waals surface area contributed by atoms with Gasteiger partial charge in [0.25, 0.3) is 0 Å². The molecule has 5 rings (SSSR count). The Hall–Kier alpha value is -2.68. The maximum atomic E-state index is 8.72. The molecule has 0 saturated heterocycles. The van der Waals surface area contributed by atoms with Crippen LogP contribution < -0.4 is 4.57 Å². The van der Waals surface area contributed by atoms with Gasteiger partial charge in [0.1, 0.15) is 12.6 Å². The van der Waals surface area contributed by atoms with Gasteiger partial charge in [0.15, 0.2) is 17.4 Å². The minimum Gasteiger partial charge on any atom is -0.453 e. The Labute approximate surface area is 201 Å².